The van der Waals surface area contributed by atoms with E-state index in [9.17, 15) is 0 Å². The smallest absolute Gasteiger partial charge is 0.0215 e. The Bertz CT molecular complexity index is 2030. The highest BCUT2D eigenvalue weighted by Gasteiger charge is 2.45. The minimum Gasteiger partial charge on any atom is -0.309 e. The first kappa shape index (κ1) is 54.1. The van der Waals surface area contributed by atoms with Crippen molar-refractivity contribution in [1.29, 1.82) is 0 Å². The van der Waals surface area contributed by atoms with Gasteiger partial charge in [0.1, 0.15) is 0 Å². The van der Waals surface area contributed by atoms with E-state index in [2.05, 4.69) is 190 Å². The van der Waals surface area contributed by atoms with Gasteiger partial charge in [-0.1, -0.05) is 154 Å². The van der Waals surface area contributed by atoms with Crippen LogP contribution in [0.1, 0.15) is 190 Å². The maximum atomic E-state index is 2.70. The molecule has 0 atom stereocenters. The summed E-state index contributed by atoms with van der Waals surface area (Å²) in [5, 5.41) is 0. The maximum Gasteiger partial charge on any atom is 0.0215 e. The summed E-state index contributed by atoms with van der Waals surface area (Å²) in [4.78, 5) is 9.43. The number of benzene rings is 4. The van der Waals surface area contributed by atoms with Crippen molar-refractivity contribution >= 4 is 0 Å². The van der Waals surface area contributed by atoms with Gasteiger partial charge in [-0.2, -0.15) is 0 Å². The number of fused-ring (bicyclic) bond motifs is 6. The molecule has 0 radical (unpaired) electrons. The van der Waals surface area contributed by atoms with Gasteiger partial charge < -0.3 is 19.6 Å². The van der Waals surface area contributed by atoms with Gasteiger partial charge in [0.15, 0.2) is 0 Å². The van der Waals surface area contributed by atoms with Gasteiger partial charge in [0.25, 0.3) is 0 Å². The summed E-state index contributed by atoms with van der Waals surface area (Å²) < 4.78 is 0. The third-order valence-electron chi connectivity index (χ3n) is 17.2. The highest BCUT2D eigenvalue weighted by atomic mass is 15.1. The van der Waals surface area contributed by atoms with Crippen molar-refractivity contribution in [3.05, 3.63) is 106 Å². The molecule has 4 aromatic carbocycles. The van der Waals surface area contributed by atoms with Crippen LogP contribution in [-0.4, -0.2) is 102 Å². The molecule has 0 heterocycles. The second-order valence-electron chi connectivity index (χ2n) is 24.1. The van der Waals surface area contributed by atoms with Crippen molar-refractivity contribution in [1.82, 2.24) is 19.6 Å². The number of rotatable bonds is 29. The van der Waals surface area contributed by atoms with E-state index in [1.165, 1.54) is 147 Å². The minimum absolute atomic E-state index is 0.00899. The summed E-state index contributed by atoms with van der Waals surface area (Å²) in [5.74, 6) is 0. The summed E-state index contributed by atoms with van der Waals surface area (Å²) in [6.45, 7) is 19.2. The van der Waals surface area contributed by atoms with Crippen molar-refractivity contribution in [3.63, 3.8) is 0 Å². The molecule has 68 heavy (non-hydrogen) atoms. The molecule has 4 heteroatoms. The molecule has 2 aliphatic rings. The topological polar surface area (TPSA) is 13.0 Å². The first-order valence-electron chi connectivity index (χ1n) is 27.6. The van der Waals surface area contributed by atoms with E-state index in [0.29, 0.717) is 0 Å². The lowest BCUT2D eigenvalue weighted by molar-refractivity contribution is 0.358. The molecule has 2 aliphatic carbocycles. The third-order valence-corrected chi connectivity index (χ3v) is 17.2. The van der Waals surface area contributed by atoms with Crippen LogP contribution in [0.5, 0.6) is 0 Å². The Labute approximate surface area is 418 Å². The van der Waals surface area contributed by atoms with Crippen LogP contribution in [0.4, 0.5) is 0 Å². The van der Waals surface area contributed by atoms with E-state index in [1.807, 2.05) is 0 Å². The molecule has 0 aliphatic heterocycles. The average molecular weight is 924 g/mol. The fraction of sp³-hybridized carbons (Fsp3) is 0.625. The van der Waals surface area contributed by atoms with Crippen LogP contribution in [-0.2, 0) is 21.7 Å². The molecule has 0 saturated heterocycles. The summed E-state index contributed by atoms with van der Waals surface area (Å²) in [6.07, 6.45) is 22.3. The van der Waals surface area contributed by atoms with E-state index in [0.717, 1.165) is 39.0 Å². The molecule has 0 saturated carbocycles. The minimum atomic E-state index is 0.00899. The van der Waals surface area contributed by atoms with Crippen LogP contribution < -0.4 is 0 Å². The van der Waals surface area contributed by atoms with Gasteiger partial charge in [-0.3, -0.25) is 0 Å². The molecular weight excluding hydrogens is 825 g/mol. The number of hydrogen-bond acceptors (Lipinski definition) is 4. The Balaban J connectivity index is 1.49. The molecule has 0 fully saturated rings. The summed E-state index contributed by atoms with van der Waals surface area (Å²) in [5.41, 5.74) is 18.4. The highest BCUT2D eigenvalue weighted by Crippen LogP contribution is 2.58. The lowest BCUT2D eigenvalue weighted by Crippen LogP contribution is -2.27. The van der Waals surface area contributed by atoms with E-state index < -0.39 is 0 Å². The van der Waals surface area contributed by atoms with Crippen LogP contribution in [0.15, 0.2) is 72.8 Å². The van der Waals surface area contributed by atoms with Crippen LogP contribution in [0, 0.1) is 0 Å². The summed E-state index contributed by atoms with van der Waals surface area (Å²) >= 11 is 0. The van der Waals surface area contributed by atoms with Crippen molar-refractivity contribution in [2.24, 2.45) is 0 Å². The molecule has 0 spiro atoms. The predicted octanol–water partition coefficient (Wildman–Crippen LogP) is 15.7. The zero-order chi connectivity index (χ0) is 49.3. The SMILES string of the molecule is CCC(C)(C)c1ccc2c(c1)C(CCCCCN(C)C)(CCCCCN(C)C)c1cc(-c3ccc4c(c3)C(CCCCCN(C)C)(CCCCCN(C)C)c3cc(C(C)(C)CC)ccc3-4)ccc1-2. The normalized spacial score (nSPS) is 14.9. The van der Waals surface area contributed by atoms with Crippen LogP contribution in [0.2, 0.25) is 0 Å². The maximum absolute atomic E-state index is 2.70. The quantitative estimate of drug-likeness (QED) is 0.0503. The fourth-order valence-corrected chi connectivity index (χ4v) is 12.1. The number of hydrogen-bond donors (Lipinski definition) is 0. The van der Waals surface area contributed by atoms with Crippen molar-refractivity contribution in [2.45, 2.75) is 179 Å². The largest absolute Gasteiger partial charge is 0.309 e. The van der Waals surface area contributed by atoms with Crippen molar-refractivity contribution in [3.8, 4) is 33.4 Å². The van der Waals surface area contributed by atoms with Crippen molar-refractivity contribution < 1.29 is 0 Å². The Morgan fingerprint density at radius 3 is 0.868 bits per heavy atom. The molecular formula is C64H98N4. The zero-order valence-electron chi connectivity index (χ0n) is 46.3. The first-order chi connectivity index (χ1) is 32.4. The van der Waals surface area contributed by atoms with E-state index in [4.69, 9.17) is 0 Å². The van der Waals surface area contributed by atoms with Crippen LogP contribution in [0.25, 0.3) is 33.4 Å². The van der Waals surface area contributed by atoms with E-state index in [-0.39, 0.29) is 21.7 Å². The van der Waals surface area contributed by atoms with Gasteiger partial charge >= 0.3 is 0 Å². The lowest BCUT2D eigenvalue weighted by atomic mass is 9.68. The lowest BCUT2D eigenvalue weighted by Gasteiger charge is -2.35. The summed E-state index contributed by atoms with van der Waals surface area (Å²) in [6, 6.07) is 30.8. The molecule has 0 N–H and O–H groups in total. The zero-order valence-corrected chi connectivity index (χ0v) is 46.3. The van der Waals surface area contributed by atoms with Crippen LogP contribution >= 0.6 is 0 Å². The molecule has 374 valence electrons. The Hall–Kier alpha value is -3.28. The Morgan fingerprint density at radius 2 is 0.603 bits per heavy atom. The fourth-order valence-electron chi connectivity index (χ4n) is 12.1. The molecule has 0 unspecified atom stereocenters. The Kier molecular flexibility index (Phi) is 18.9. The standard InChI is InChI=1S/C64H98N4/c1-15-61(3,4)51-31-35-55-53-33-29-49(45-57(53)63(59(55)47-51,37-21-17-25-41-65(7)8)38-22-18-26-42-66(9)10)50-30-34-54-56-36-32-52(62(5,6)16-2)48-60(56)64(58(54)46-50,39-23-19-27-43-67(11)12)40-24-20-28-44-68(13)14/h29-36,45-48H,15-28,37-44H2,1-14H3. The van der Waals surface area contributed by atoms with Gasteiger partial charge in [0.05, 0.1) is 0 Å². The predicted molar refractivity (Wildman–Crippen MR) is 299 cm³/mol. The van der Waals surface area contributed by atoms with Gasteiger partial charge in [0, 0.05) is 10.8 Å². The monoisotopic (exact) mass is 923 g/mol. The average Bonchev–Trinajstić information content (AvgIpc) is 3.73. The van der Waals surface area contributed by atoms with Crippen LogP contribution in [0.3, 0.4) is 0 Å². The molecule has 4 aromatic rings. The number of nitrogens with zero attached hydrogens (tertiary/aromatic N) is 4. The van der Waals surface area contributed by atoms with Gasteiger partial charge in [-0.15, -0.1) is 0 Å². The molecule has 4 nitrogen and oxygen atoms in total. The second kappa shape index (κ2) is 23.8. The molecule has 0 amide bonds. The molecule has 0 aromatic heterocycles. The first-order valence-corrected chi connectivity index (χ1v) is 27.6. The number of unbranched alkanes of at least 4 members (excludes halogenated alkanes) is 8. The summed E-state index contributed by atoms with van der Waals surface area (Å²) in [7, 11) is 17.8. The van der Waals surface area contributed by atoms with E-state index in [1.54, 1.807) is 22.3 Å². The second-order valence-corrected chi connectivity index (χ2v) is 24.1. The van der Waals surface area contributed by atoms with Gasteiger partial charge in [-0.25, -0.2) is 0 Å². The van der Waals surface area contributed by atoms with E-state index >= 15 is 0 Å². The van der Waals surface area contributed by atoms with Crippen molar-refractivity contribution in [2.75, 3.05) is 82.6 Å². The molecule has 0 bridgehead atoms. The van der Waals surface area contributed by atoms with Gasteiger partial charge in [-0.05, 0) is 236 Å². The third kappa shape index (κ3) is 12.4. The molecule has 6 rings (SSSR count). The van der Waals surface area contributed by atoms with Gasteiger partial charge in [0.2, 0.25) is 0 Å². The Morgan fingerprint density at radius 1 is 0.338 bits per heavy atom. The highest BCUT2D eigenvalue weighted by molar-refractivity contribution is 5.87.